The Hall–Kier alpha value is -3.88. The van der Waals surface area contributed by atoms with Crippen LogP contribution in [0.3, 0.4) is 0 Å². The van der Waals surface area contributed by atoms with Crippen LogP contribution in [0.5, 0.6) is 5.75 Å². The van der Waals surface area contributed by atoms with Crippen LogP contribution in [0, 0.1) is 17.1 Å². The van der Waals surface area contributed by atoms with Gasteiger partial charge in [-0.05, 0) is 44.4 Å². The quantitative estimate of drug-likeness (QED) is 0.382. The molecule has 2 aromatic rings. The fourth-order valence-electron chi connectivity index (χ4n) is 5.67. The van der Waals surface area contributed by atoms with E-state index >= 15 is 4.39 Å². The molecule has 12 nitrogen and oxygen atoms in total. The van der Waals surface area contributed by atoms with Gasteiger partial charge < -0.3 is 20.1 Å². The first-order chi connectivity index (χ1) is 21.9. The van der Waals surface area contributed by atoms with Gasteiger partial charge in [0, 0.05) is 31.8 Å². The molecule has 1 aromatic heterocycles. The van der Waals surface area contributed by atoms with Crippen molar-refractivity contribution in [3.8, 4) is 11.8 Å². The number of carbonyl (C=O) groups is 3. The van der Waals surface area contributed by atoms with E-state index in [2.05, 4.69) is 10.3 Å². The molecule has 0 bridgehead atoms. The second-order valence-corrected chi connectivity index (χ2v) is 14.5. The Bertz CT molecular complexity index is 1800. The first kappa shape index (κ1) is 34.5. The highest BCUT2D eigenvalue weighted by Gasteiger charge is 2.62. The van der Waals surface area contributed by atoms with Crippen LogP contribution in [-0.2, 0) is 25.0 Å². The molecule has 3 amide bonds. The molecule has 0 spiro atoms. The lowest BCUT2D eigenvalue weighted by Crippen LogP contribution is -2.68. The van der Waals surface area contributed by atoms with Gasteiger partial charge in [-0.25, -0.2) is 17.6 Å². The number of hydrogen-bond acceptors (Lipinski definition) is 8. The zero-order valence-corrected chi connectivity index (χ0v) is 26.6. The van der Waals surface area contributed by atoms with Crippen LogP contribution in [0.15, 0.2) is 35.4 Å². The van der Waals surface area contributed by atoms with Gasteiger partial charge in [-0.3, -0.25) is 19.5 Å². The summed E-state index contributed by atoms with van der Waals surface area (Å²) in [6, 6.07) is 3.99. The Morgan fingerprint density at radius 3 is 2.40 bits per heavy atom. The highest BCUT2D eigenvalue weighted by atomic mass is 35.5. The number of rotatable bonds is 8. The molecule has 5 rings (SSSR count). The zero-order chi connectivity index (χ0) is 34.7. The molecule has 0 radical (unpaired) electrons. The molecule has 2 unspecified atom stereocenters. The van der Waals surface area contributed by atoms with Gasteiger partial charge in [0.15, 0.2) is 21.5 Å². The minimum atomic E-state index is -4.71. The van der Waals surface area contributed by atoms with Crippen molar-refractivity contribution in [2.24, 2.45) is 0 Å². The number of halogens is 6. The molecular weight excluding hydrogens is 697 g/mol. The van der Waals surface area contributed by atoms with Crippen molar-refractivity contribution in [2.45, 2.75) is 72.2 Å². The van der Waals surface area contributed by atoms with E-state index in [9.17, 15) is 46.3 Å². The lowest BCUT2D eigenvalue weighted by molar-refractivity contribution is -0.189. The monoisotopic (exact) mass is 721 g/mol. The summed E-state index contributed by atoms with van der Waals surface area (Å²) in [7, 11) is -4.54. The number of alkyl halides is 3. The average Bonchev–Trinajstić information content (AvgIpc) is 3.57. The first-order valence-electron chi connectivity index (χ1n) is 14.0. The maximum atomic E-state index is 15.3. The number of ether oxygens (including phenoxy) is 1. The summed E-state index contributed by atoms with van der Waals surface area (Å²) < 4.78 is 86.8. The van der Waals surface area contributed by atoms with E-state index in [0.717, 1.165) is 42.3 Å². The molecule has 3 aliphatic rings. The number of carboxylic acid groups (broad SMARTS) is 1. The topological polar surface area (TPSA) is 170 Å². The lowest BCUT2D eigenvalue weighted by atomic mass is 9.79. The summed E-state index contributed by atoms with van der Waals surface area (Å²) in [5.74, 6) is -3.51. The number of amides is 3. The third-order valence-corrected chi connectivity index (χ3v) is 11.3. The molecule has 47 heavy (non-hydrogen) atoms. The summed E-state index contributed by atoms with van der Waals surface area (Å²) in [4.78, 5) is 44.9. The van der Waals surface area contributed by atoms with Gasteiger partial charge in [-0.2, -0.15) is 18.4 Å². The van der Waals surface area contributed by atoms with Crippen LogP contribution in [0.2, 0.25) is 10.0 Å². The van der Waals surface area contributed by atoms with E-state index in [0.29, 0.717) is 17.7 Å². The predicted octanol–water partition coefficient (Wildman–Crippen LogP) is 4.05. The summed E-state index contributed by atoms with van der Waals surface area (Å²) in [5, 5.41) is 19.8. The standard InChI is InChI=1S/C28H25Cl2F4N5O7S/c1-14(28(32,33)34)46-16-2-3-21(18(30)9-16)47(44,45)17-10-20(23(40)37-26(13-35)4-5-26)38(12-17)24(41)27(6-7-39(27)25(42)43)22-19(31)8-15(29)11-36-22/h2-3,8-9,11,14,17,20H,4-7,10,12H2,1H3,(H,37,40)(H,42,43)/t14?,17-,20+,27?/m1/s1. The maximum Gasteiger partial charge on any atom is 0.425 e. The summed E-state index contributed by atoms with van der Waals surface area (Å²) in [6.45, 7) is -0.160. The van der Waals surface area contributed by atoms with Crippen LogP contribution in [0.25, 0.3) is 0 Å². The Kier molecular flexibility index (Phi) is 8.78. The van der Waals surface area contributed by atoms with Crippen molar-refractivity contribution in [3.05, 3.63) is 52.0 Å². The van der Waals surface area contributed by atoms with Crippen molar-refractivity contribution in [3.63, 3.8) is 0 Å². The number of likely N-dealkylation sites (tertiary alicyclic amines) is 2. The van der Waals surface area contributed by atoms with Crippen LogP contribution in [0.1, 0.15) is 38.3 Å². The number of nitrogens with one attached hydrogen (secondary N) is 1. The van der Waals surface area contributed by atoms with Gasteiger partial charge in [-0.1, -0.05) is 23.2 Å². The van der Waals surface area contributed by atoms with E-state index in [-0.39, 0.29) is 23.7 Å². The zero-order valence-electron chi connectivity index (χ0n) is 24.2. The van der Waals surface area contributed by atoms with Gasteiger partial charge in [0.1, 0.15) is 28.8 Å². The Morgan fingerprint density at radius 2 is 1.89 bits per heavy atom. The summed E-state index contributed by atoms with van der Waals surface area (Å²) >= 11 is 12.0. The maximum absolute atomic E-state index is 15.3. The van der Waals surface area contributed by atoms with Crippen molar-refractivity contribution >= 4 is 50.9 Å². The molecule has 252 valence electrons. The van der Waals surface area contributed by atoms with Gasteiger partial charge >= 0.3 is 12.3 Å². The number of nitrogens with zero attached hydrogens (tertiary/aromatic N) is 4. The van der Waals surface area contributed by atoms with Crippen molar-refractivity contribution in [2.75, 3.05) is 13.1 Å². The number of carbonyl (C=O) groups excluding carboxylic acids is 2. The van der Waals surface area contributed by atoms with E-state index in [4.69, 9.17) is 27.9 Å². The summed E-state index contributed by atoms with van der Waals surface area (Å²) in [5.41, 5.74) is -4.12. The highest BCUT2D eigenvalue weighted by molar-refractivity contribution is 7.92. The van der Waals surface area contributed by atoms with Crippen LogP contribution < -0.4 is 10.1 Å². The minimum absolute atomic E-state index is 0.146. The molecule has 3 fully saturated rings. The lowest BCUT2D eigenvalue weighted by Gasteiger charge is -2.50. The molecule has 1 saturated carbocycles. The van der Waals surface area contributed by atoms with E-state index in [1.165, 1.54) is 0 Å². The molecule has 19 heteroatoms. The van der Waals surface area contributed by atoms with E-state index in [1.54, 1.807) is 0 Å². The highest BCUT2D eigenvalue weighted by Crippen LogP contribution is 2.45. The molecule has 4 atom stereocenters. The number of hydrogen-bond donors (Lipinski definition) is 2. The summed E-state index contributed by atoms with van der Waals surface area (Å²) in [6.07, 6.45) is -7.77. The Morgan fingerprint density at radius 1 is 1.21 bits per heavy atom. The van der Waals surface area contributed by atoms with Gasteiger partial charge in [-0.15, -0.1) is 0 Å². The third-order valence-electron chi connectivity index (χ3n) is 8.52. The number of benzene rings is 1. The number of nitriles is 1. The fourth-order valence-corrected chi connectivity index (χ4v) is 8.05. The molecule has 2 N–H and O–H groups in total. The number of pyridine rings is 1. The second-order valence-electron chi connectivity index (χ2n) is 11.5. The van der Waals surface area contributed by atoms with Crippen LogP contribution >= 0.6 is 23.2 Å². The average molecular weight is 723 g/mol. The molecule has 2 aliphatic heterocycles. The first-order valence-corrected chi connectivity index (χ1v) is 16.3. The number of aromatic nitrogens is 1. The van der Waals surface area contributed by atoms with E-state index < -0.39 is 96.8 Å². The smallest absolute Gasteiger partial charge is 0.425 e. The largest absolute Gasteiger partial charge is 0.481 e. The minimum Gasteiger partial charge on any atom is -0.481 e. The second kappa shape index (κ2) is 12.0. The molecule has 1 aromatic carbocycles. The normalized spacial score (nSPS) is 24.1. The molecule has 2 saturated heterocycles. The predicted molar refractivity (Wildman–Crippen MR) is 155 cm³/mol. The SMILES string of the molecule is CC(Oc1ccc(S(=O)(=O)[C@@H]2C[C@@H](C(=O)NC3(C#N)CC3)N(C(=O)C3(c4ncc(Cl)cc4F)CCN3C(=O)O)C2)c(Cl)c1)C(F)(F)F. The van der Waals surface area contributed by atoms with Crippen molar-refractivity contribution < 1.29 is 50.2 Å². The van der Waals surface area contributed by atoms with Crippen LogP contribution in [0.4, 0.5) is 22.4 Å². The van der Waals surface area contributed by atoms with Crippen molar-refractivity contribution in [1.29, 1.82) is 5.26 Å². The van der Waals surface area contributed by atoms with Crippen molar-refractivity contribution in [1.82, 2.24) is 20.1 Å². The van der Waals surface area contributed by atoms with Gasteiger partial charge in [0.2, 0.25) is 5.91 Å². The Labute approximate surface area is 275 Å². The van der Waals surface area contributed by atoms with Gasteiger partial charge in [0.25, 0.3) is 5.91 Å². The fraction of sp³-hybridized carbons (Fsp3) is 0.464. The van der Waals surface area contributed by atoms with Crippen LogP contribution in [-0.4, -0.2) is 88.4 Å². The third kappa shape index (κ3) is 6.14. The molecule has 3 heterocycles. The Balaban J connectivity index is 1.52. The molecular formula is C28H25Cl2F4N5O7S. The van der Waals surface area contributed by atoms with Gasteiger partial charge in [0.05, 0.1) is 26.3 Å². The number of sulfone groups is 1. The van der Waals surface area contributed by atoms with E-state index in [1.807, 2.05) is 6.07 Å². The molecule has 1 aliphatic carbocycles.